The number of alkyl halides is 2. The number of halogens is 2. The molecule has 66 valence electrons. The first-order valence-electron chi connectivity index (χ1n) is 4.00. The van der Waals surface area contributed by atoms with Crippen LogP contribution in [0.25, 0.3) is 0 Å². The fourth-order valence-electron chi connectivity index (χ4n) is 1.04. The van der Waals surface area contributed by atoms with E-state index in [0.29, 0.717) is 10.7 Å². The monoisotopic (exact) mass is 246 g/mol. The van der Waals surface area contributed by atoms with Crippen LogP contribution >= 0.6 is 27.5 Å². The van der Waals surface area contributed by atoms with Crippen LogP contribution in [0.3, 0.4) is 0 Å². The molecule has 0 nitrogen and oxygen atoms in total. The molecule has 0 aliphatic heterocycles. The maximum atomic E-state index is 5.65. The SMILES string of the molecule is Cc1ccc(C(Br)CCCl)cc1. The Morgan fingerprint density at radius 1 is 1.33 bits per heavy atom. The van der Waals surface area contributed by atoms with Gasteiger partial charge in [-0.25, -0.2) is 0 Å². The highest BCUT2D eigenvalue weighted by molar-refractivity contribution is 9.09. The Labute approximate surface area is 87.1 Å². The summed E-state index contributed by atoms with van der Waals surface area (Å²) >= 11 is 9.23. The summed E-state index contributed by atoms with van der Waals surface area (Å²) in [6.45, 7) is 2.09. The molecule has 0 N–H and O–H groups in total. The molecular weight excluding hydrogens is 235 g/mol. The average molecular weight is 248 g/mol. The Morgan fingerprint density at radius 2 is 1.92 bits per heavy atom. The molecule has 1 aromatic rings. The summed E-state index contributed by atoms with van der Waals surface area (Å²) in [7, 11) is 0. The van der Waals surface area contributed by atoms with Crippen LogP contribution in [-0.4, -0.2) is 5.88 Å². The molecule has 0 heterocycles. The van der Waals surface area contributed by atoms with E-state index < -0.39 is 0 Å². The van der Waals surface area contributed by atoms with Crippen molar-refractivity contribution in [3.05, 3.63) is 35.4 Å². The number of aryl methyl sites for hydroxylation is 1. The third-order valence-electron chi connectivity index (χ3n) is 1.80. The standard InChI is InChI=1S/C10H12BrCl/c1-8-2-4-9(5-3-8)10(11)6-7-12/h2-5,10H,6-7H2,1H3. The highest BCUT2D eigenvalue weighted by atomic mass is 79.9. The molecular formula is C10H12BrCl. The molecule has 2 heteroatoms. The molecule has 0 radical (unpaired) electrons. The van der Waals surface area contributed by atoms with Crippen LogP contribution in [0.2, 0.25) is 0 Å². The maximum Gasteiger partial charge on any atom is 0.0406 e. The van der Waals surface area contributed by atoms with Crippen LogP contribution in [0.4, 0.5) is 0 Å². The van der Waals surface area contributed by atoms with Crippen molar-refractivity contribution in [2.75, 3.05) is 5.88 Å². The lowest BCUT2D eigenvalue weighted by Crippen LogP contribution is -1.90. The van der Waals surface area contributed by atoms with Crippen LogP contribution in [0, 0.1) is 6.92 Å². The Bertz CT molecular complexity index is 230. The smallest absolute Gasteiger partial charge is 0.0406 e. The molecule has 0 aliphatic rings. The van der Waals surface area contributed by atoms with Gasteiger partial charge in [0.1, 0.15) is 0 Å². The van der Waals surface area contributed by atoms with Crippen molar-refractivity contribution in [2.45, 2.75) is 18.2 Å². The zero-order valence-corrected chi connectivity index (χ0v) is 9.40. The number of hydrogen-bond acceptors (Lipinski definition) is 0. The van der Waals surface area contributed by atoms with E-state index in [4.69, 9.17) is 11.6 Å². The number of rotatable bonds is 3. The van der Waals surface area contributed by atoms with Gasteiger partial charge in [0.05, 0.1) is 0 Å². The fraction of sp³-hybridized carbons (Fsp3) is 0.400. The van der Waals surface area contributed by atoms with E-state index in [0.717, 1.165) is 6.42 Å². The van der Waals surface area contributed by atoms with E-state index >= 15 is 0 Å². The van der Waals surface area contributed by atoms with Crippen LogP contribution < -0.4 is 0 Å². The van der Waals surface area contributed by atoms with Crippen LogP contribution in [0.1, 0.15) is 22.4 Å². The van der Waals surface area contributed by atoms with Crippen molar-refractivity contribution < 1.29 is 0 Å². The molecule has 0 amide bonds. The molecule has 0 aliphatic carbocycles. The van der Waals surface area contributed by atoms with E-state index in [1.807, 2.05) is 0 Å². The van der Waals surface area contributed by atoms with Crippen molar-refractivity contribution >= 4 is 27.5 Å². The Kier molecular flexibility index (Phi) is 4.10. The second kappa shape index (κ2) is 4.88. The summed E-state index contributed by atoms with van der Waals surface area (Å²) in [5.41, 5.74) is 2.60. The zero-order valence-electron chi connectivity index (χ0n) is 7.06. The Balaban J connectivity index is 2.68. The maximum absolute atomic E-state index is 5.65. The quantitative estimate of drug-likeness (QED) is 0.707. The third kappa shape index (κ3) is 2.80. The number of benzene rings is 1. The first-order valence-corrected chi connectivity index (χ1v) is 5.45. The Morgan fingerprint density at radius 3 is 2.42 bits per heavy atom. The lowest BCUT2D eigenvalue weighted by atomic mass is 10.1. The lowest BCUT2D eigenvalue weighted by Gasteiger charge is -2.07. The molecule has 0 saturated heterocycles. The first kappa shape index (κ1) is 10.1. The minimum absolute atomic E-state index is 0.399. The topological polar surface area (TPSA) is 0 Å². The van der Waals surface area contributed by atoms with Gasteiger partial charge >= 0.3 is 0 Å². The molecule has 0 saturated carbocycles. The molecule has 0 spiro atoms. The first-order chi connectivity index (χ1) is 5.74. The van der Waals surface area contributed by atoms with Crippen LogP contribution in [-0.2, 0) is 0 Å². The predicted octanol–water partition coefficient (Wildman–Crippen LogP) is 4.06. The summed E-state index contributed by atoms with van der Waals surface area (Å²) in [6, 6.07) is 8.53. The van der Waals surface area contributed by atoms with E-state index in [1.54, 1.807) is 0 Å². The van der Waals surface area contributed by atoms with Crippen molar-refractivity contribution in [1.29, 1.82) is 0 Å². The van der Waals surface area contributed by atoms with Gasteiger partial charge in [-0.1, -0.05) is 45.8 Å². The molecule has 1 rings (SSSR count). The molecule has 0 aromatic heterocycles. The molecule has 1 atom stereocenters. The average Bonchev–Trinajstić information content (AvgIpc) is 2.06. The van der Waals surface area contributed by atoms with Gasteiger partial charge in [-0.3, -0.25) is 0 Å². The van der Waals surface area contributed by atoms with E-state index in [1.165, 1.54) is 11.1 Å². The molecule has 0 bridgehead atoms. The summed E-state index contributed by atoms with van der Waals surface area (Å²) in [6.07, 6.45) is 0.977. The lowest BCUT2D eigenvalue weighted by molar-refractivity contribution is 0.917. The van der Waals surface area contributed by atoms with E-state index in [-0.39, 0.29) is 0 Å². The molecule has 12 heavy (non-hydrogen) atoms. The summed E-state index contributed by atoms with van der Waals surface area (Å²) in [5, 5.41) is 0. The van der Waals surface area contributed by atoms with E-state index in [2.05, 4.69) is 47.1 Å². The normalized spacial score (nSPS) is 12.9. The highest BCUT2D eigenvalue weighted by Gasteiger charge is 2.04. The molecule has 1 aromatic carbocycles. The molecule has 1 unspecified atom stereocenters. The number of hydrogen-bond donors (Lipinski definition) is 0. The predicted molar refractivity (Wildman–Crippen MR) is 58.2 cm³/mol. The van der Waals surface area contributed by atoms with Gasteiger partial charge in [-0.15, -0.1) is 11.6 Å². The Hall–Kier alpha value is -0.0100. The van der Waals surface area contributed by atoms with Crippen molar-refractivity contribution in [3.63, 3.8) is 0 Å². The third-order valence-corrected chi connectivity index (χ3v) is 3.01. The van der Waals surface area contributed by atoms with Crippen LogP contribution in [0.15, 0.2) is 24.3 Å². The summed E-state index contributed by atoms with van der Waals surface area (Å²) in [5.74, 6) is 0.698. The second-order valence-corrected chi connectivity index (χ2v) is 4.34. The van der Waals surface area contributed by atoms with E-state index in [9.17, 15) is 0 Å². The summed E-state index contributed by atoms with van der Waals surface area (Å²) < 4.78 is 0. The minimum atomic E-state index is 0.399. The van der Waals surface area contributed by atoms with Crippen molar-refractivity contribution in [1.82, 2.24) is 0 Å². The van der Waals surface area contributed by atoms with Crippen LogP contribution in [0.5, 0.6) is 0 Å². The second-order valence-electron chi connectivity index (χ2n) is 2.86. The largest absolute Gasteiger partial charge is 0.127 e. The fourth-order valence-corrected chi connectivity index (χ4v) is 2.05. The van der Waals surface area contributed by atoms with Gasteiger partial charge in [-0.05, 0) is 18.9 Å². The van der Waals surface area contributed by atoms with Gasteiger partial charge in [0, 0.05) is 10.7 Å². The van der Waals surface area contributed by atoms with Gasteiger partial charge in [0.25, 0.3) is 0 Å². The van der Waals surface area contributed by atoms with Gasteiger partial charge < -0.3 is 0 Å². The van der Waals surface area contributed by atoms with Gasteiger partial charge in [0.15, 0.2) is 0 Å². The van der Waals surface area contributed by atoms with Gasteiger partial charge in [-0.2, -0.15) is 0 Å². The highest BCUT2D eigenvalue weighted by Crippen LogP contribution is 2.26. The van der Waals surface area contributed by atoms with Crippen molar-refractivity contribution in [3.8, 4) is 0 Å². The minimum Gasteiger partial charge on any atom is -0.127 e. The molecule has 0 fully saturated rings. The van der Waals surface area contributed by atoms with Crippen molar-refractivity contribution in [2.24, 2.45) is 0 Å². The zero-order chi connectivity index (χ0) is 8.97. The summed E-state index contributed by atoms with van der Waals surface area (Å²) in [4.78, 5) is 0.399. The van der Waals surface area contributed by atoms with Gasteiger partial charge in [0.2, 0.25) is 0 Å².